The Morgan fingerprint density at radius 3 is 2.46 bits per heavy atom. The smallest absolute Gasteiger partial charge is 0.255 e. The highest BCUT2D eigenvalue weighted by Gasteiger charge is 2.63. The third kappa shape index (κ3) is 3.32. The first kappa shape index (κ1) is 24.7. The van der Waals surface area contributed by atoms with E-state index >= 15 is 0 Å². The van der Waals surface area contributed by atoms with Crippen molar-refractivity contribution in [2.45, 2.75) is 31.4 Å². The van der Waals surface area contributed by atoms with Crippen LogP contribution in [0.3, 0.4) is 0 Å². The summed E-state index contributed by atoms with van der Waals surface area (Å²) >= 11 is 0. The number of ketones is 2. The quantitative estimate of drug-likeness (QED) is 0.387. The number of phenols is 1. The lowest BCUT2D eigenvalue weighted by Crippen LogP contribution is -2.63. The Kier molecular flexibility index (Phi) is 5.50. The number of hydrogen-bond donors (Lipinski definition) is 5. The number of likely N-dealkylation sites (N-methyl/N-ethyl adjacent to an activating group) is 1. The number of primary amides is 1. The van der Waals surface area contributed by atoms with Gasteiger partial charge in [-0.2, -0.15) is 0 Å². The highest BCUT2D eigenvalue weighted by molar-refractivity contribution is 6.24. The van der Waals surface area contributed by atoms with E-state index in [-0.39, 0.29) is 29.7 Å². The maximum Gasteiger partial charge on any atom is 0.255 e. The van der Waals surface area contributed by atoms with Crippen LogP contribution >= 0.6 is 0 Å². The van der Waals surface area contributed by atoms with Gasteiger partial charge in [-0.05, 0) is 69.6 Å². The predicted octanol–water partition coefficient (Wildman–Crippen LogP) is 1.49. The lowest BCUT2D eigenvalue weighted by atomic mass is 9.58. The maximum atomic E-state index is 13.8. The molecule has 3 aliphatic carbocycles. The molecule has 1 heterocycles. The molecule has 6 N–H and O–H groups in total. The molecule has 0 radical (unpaired) electrons. The van der Waals surface area contributed by atoms with Gasteiger partial charge in [-0.25, -0.2) is 0 Å². The van der Waals surface area contributed by atoms with Gasteiger partial charge in [0.1, 0.15) is 22.8 Å². The summed E-state index contributed by atoms with van der Waals surface area (Å²) in [6, 6.07) is 7.48. The molecule has 0 fully saturated rings. The van der Waals surface area contributed by atoms with Gasteiger partial charge in [0.05, 0.1) is 17.3 Å². The van der Waals surface area contributed by atoms with Gasteiger partial charge in [-0.15, -0.1) is 0 Å². The van der Waals surface area contributed by atoms with Gasteiger partial charge in [0.25, 0.3) is 5.91 Å². The van der Waals surface area contributed by atoms with Gasteiger partial charge in [-0.3, -0.25) is 24.3 Å². The number of Topliss-reactive ketones (excluding diaryl/α,β-unsaturated/α-hetero) is 2. The minimum absolute atomic E-state index is 0.0299. The topological polar surface area (TPSA) is 174 Å². The number of carbonyl (C=O) groups excluding carboxylic acids is 3. The largest absolute Gasteiger partial charge is 0.510 e. The molecular weight excluding hydrogens is 478 g/mol. The van der Waals surface area contributed by atoms with E-state index in [1.807, 2.05) is 19.1 Å². The maximum absolute atomic E-state index is 13.8. The number of aromatic hydroxyl groups is 1. The number of allylic oxidation sites excluding steroid dienone is 1. The Balaban J connectivity index is 1.73. The molecule has 2 aromatic rings. The fraction of sp³-hybridized carbons (Fsp3) is 0.333. The lowest BCUT2D eigenvalue weighted by Gasteiger charge is -2.50. The molecule has 192 valence electrons. The molecule has 0 bridgehead atoms. The molecule has 10 heteroatoms. The van der Waals surface area contributed by atoms with E-state index in [1.165, 1.54) is 11.0 Å². The van der Waals surface area contributed by atoms with Crippen molar-refractivity contribution in [1.29, 1.82) is 0 Å². The average Bonchev–Trinajstić information content (AvgIpc) is 2.81. The van der Waals surface area contributed by atoms with Crippen molar-refractivity contribution in [3.05, 3.63) is 69.8 Å². The second kappa shape index (κ2) is 8.25. The Labute approximate surface area is 212 Å². The van der Waals surface area contributed by atoms with E-state index < -0.39 is 58.0 Å². The van der Waals surface area contributed by atoms with Crippen molar-refractivity contribution in [2.75, 3.05) is 14.1 Å². The molecule has 1 aromatic carbocycles. The lowest BCUT2D eigenvalue weighted by molar-refractivity contribution is -0.148. The van der Waals surface area contributed by atoms with Gasteiger partial charge < -0.3 is 26.2 Å². The number of nitrogens with zero attached hydrogens (tertiary/aromatic N) is 2. The summed E-state index contributed by atoms with van der Waals surface area (Å²) in [5, 5.41) is 44.5. The Morgan fingerprint density at radius 1 is 1.14 bits per heavy atom. The first-order valence-corrected chi connectivity index (χ1v) is 11.8. The number of fused-ring (bicyclic) bond motifs is 3. The van der Waals surface area contributed by atoms with Crippen LogP contribution in [0.1, 0.15) is 28.0 Å². The number of aromatic nitrogens is 1. The third-order valence-corrected chi connectivity index (χ3v) is 7.77. The molecule has 1 amide bonds. The molecule has 0 spiro atoms. The van der Waals surface area contributed by atoms with Gasteiger partial charge in [0, 0.05) is 22.7 Å². The van der Waals surface area contributed by atoms with Crippen LogP contribution in [0.15, 0.2) is 53.0 Å². The summed E-state index contributed by atoms with van der Waals surface area (Å²) in [7, 11) is 3.18. The van der Waals surface area contributed by atoms with E-state index in [9.17, 15) is 34.8 Å². The van der Waals surface area contributed by atoms with Crippen LogP contribution < -0.4 is 5.73 Å². The van der Waals surface area contributed by atoms with Crippen molar-refractivity contribution in [1.82, 2.24) is 9.88 Å². The number of pyridine rings is 1. The Bertz CT molecular complexity index is 1460. The summed E-state index contributed by atoms with van der Waals surface area (Å²) in [6.07, 6.45) is 0.232. The molecular formula is C27H27N3O7. The normalized spacial score (nSPS) is 27.2. The van der Waals surface area contributed by atoms with Crippen molar-refractivity contribution >= 4 is 17.5 Å². The number of carbonyl (C=O) groups is 3. The highest BCUT2D eigenvalue weighted by atomic mass is 16.3. The van der Waals surface area contributed by atoms with Crippen LogP contribution in [-0.2, 0) is 16.0 Å². The Hall–Kier alpha value is -4.02. The first-order chi connectivity index (χ1) is 17.4. The van der Waals surface area contributed by atoms with E-state index in [2.05, 4.69) is 4.98 Å². The van der Waals surface area contributed by atoms with Gasteiger partial charge >= 0.3 is 0 Å². The zero-order valence-corrected chi connectivity index (χ0v) is 20.5. The van der Waals surface area contributed by atoms with Gasteiger partial charge in [0.15, 0.2) is 11.4 Å². The first-order valence-electron chi connectivity index (χ1n) is 11.8. The van der Waals surface area contributed by atoms with Crippen LogP contribution in [0.2, 0.25) is 0 Å². The van der Waals surface area contributed by atoms with Crippen molar-refractivity contribution in [2.24, 2.45) is 17.6 Å². The number of rotatable bonds is 3. The summed E-state index contributed by atoms with van der Waals surface area (Å²) in [5.74, 6) is -6.74. The van der Waals surface area contributed by atoms with Crippen LogP contribution in [0.5, 0.6) is 5.75 Å². The van der Waals surface area contributed by atoms with Crippen LogP contribution in [0.4, 0.5) is 0 Å². The number of aliphatic hydroxyl groups is 3. The fourth-order valence-corrected chi connectivity index (χ4v) is 6.18. The summed E-state index contributed by atoms with van der Waals surface area (Å²) in [4.78, 5) is 45.2. The molecule has 0 saturated heterocycles. The van der Waals surface area contributed by atoms with E-state index in [1.54, 1.807) is 26.2 Å². The monoisotopic (exact) mass is 505 g/mol. The molecule has 4 atom stereocenters. The Morgan fingerprint density at radius 2 is 1.84 bits per heavy atom. The third-order valence-electron chi connectivity index (χ3n) is 7.77. The number of benzene rings is 1. The highest BCUT2D eigenvalue weighted by Crippen LogP contribution is 2.53. The zero-order valence-electron chi connectivity index (χ0n) is 20.5. The second-order valence-electron chi connectivity index (χ2n) is 10.1. The standard InChI is InChI=1S/C27H27N3O7/c1-11-5-4-6-16(29-11)13-7-8-17(31)19-14(13)9-12-10-15-21(30(2)3)23(33)20(26(28)36)25(35)27(15,37)24(34)18(12)22(19)32/h4-8,12,15,21,31,33-34,37H,9-10H2,1-3H3,(H2,28,36). The second-order valence-corrected chi connectivity index (χ2v) is 10.1. The van der Waals surface area contributed by atoms with Gasteiger partial charge in [0.2, 0.25) is 5.78 Å². The number of nitrogens with two attached hydrogens (primary N) is 1. The molecule has 0 saturated carbocycles. The van der Waals surface area contributed by atoms with E-state index in [0.29, 0.717) is 16.8 Å². The van der Waals surface area contributed by atoms with Crippen molar-refractivity contribution in [3.63, 3.8) is 0 Å². The fourth-order valence-electron chi connectivity index (χ4n) is 6.18. The molecule has 10 nitrogen and oxygen atoms in total. The van der Waals surface area contributed by atoms with Crippen LogP contribution in [-0.4, -0.2) is 73.5 Å². The number of amides is 1. The zero-order chi connectivity index (χ0) is 27.0. The van der Waals surface area contributed by atoms with Crippen LogP contribution in [0.25, 0.3) is 11.3 Å². The SMILES string of the molecule is Cc1cccc(-c2ccc(O)c3c2CC2CC4C(N(C)C)C(O)=C(C(N)=O)C(=O)C4(O)C(O)=C2C3=O)n1. The van der Waals surface area contributed by atoms with Crippen molar-refractivity contribution < 1.29 is 34.8 Å². The summed E-state index contributed by atoms with van der Waals surface area (Å²) in [6.45, 7) is 1.84. The number of phenolic OH excluding ortho intramolecular Hbond substituents is 1. The summed E-state index contributed by atoms with van der Waals surface area (Å²) < 4.78 is 0. The average molecular weight is 506 g/mol. The molecule has 4 unspecified atom stereocenters. The molecule has 0 aliphatic heterocycles. The minimum atomic E-state index is -2.66. The molecule has 3 aliphatic rings. The van der Waals surface area contributed by atoms with E-state index in [4.69, 9.17) is 5.73 Å². The van der Waals surface area contributed by atoms with Crippen molar-refractivity contribution in [3.8, 4) is 17.0 Å². The van der Waals surface area contributed by atoms with E-state index in [0.717, 1.165) is 5.69 Å². The van der Waals surface area contributed by atoms with Gasteiger partial charge in [-0.1, -0.05) is 6.07 Å². The predicted molar refractivity (Wildman–Crippen MR) is 132 cm³/mol. The number of hydrogen-bond acceptors (Lipinski definition) is 9. The number of aryl methyl sites for hydroxylation is 1. The van der Waals surface area contributed by atoms with Crippen LogP contribution in [0, 0.1) is 18.8 Å². The molecule has 37 heavy (non-hydrogen) atoms. The molecule has 5 rings (SSSR count). The minimum Gasteiger partial charge on any atom is -0.510 e. The molecule has 1 aromatic heterocycles. The number of aliphatic hydroxyl groups excluding tert-OH is 2. The summed E-state index contributed by atoms with van der Waals surface area (Å²) in [5.41, 5.74) is 4.20.